The van der Waals surface area contributed by atoms with Crippen LogP contribution in [0.25, 0.3) is 0 Å². The van der Waals surface area contributed by atoms with Gasteiger partial charge in [-0.15, -0.1) is 0 Å². The van der Waals surface area contributed by atoms with Crippen molar-refractivity contribution in [2.24, 2.45) is 23.2 Å². The van der Waals surface area contributed by atoms with Gasteiger partial charge in [0.05, 0.1) is 5.41 Å². The van der Waals surface area contributed by atoms with E-state index in [-0.39, 0.29) is 23.7 Å². The van der Waals surface area contributed by atoms with Crippen LogP contribution in [0, 0.1) is 23.2 Å². The van der Waals surface area contributed by atoms with Crippen molar-refractivity contribution in [2.45, 2.75) is 70.8 Å². The molecule has 5 nitrogen and oxygen atoms in total. The predicted octanol–water partition coefficient (Wildman–Crippen LogP) is 4.18. The number of carbonyl (C=O) groups is 3. The molecule has 0 N–H and O–H groups in total. The monoisotopic (exact) mass is 423 g/mol. The van der Waals surface area contributed by atoms with Crippen LogP contribution >= 0.6 is 0 Å². The van der Waals surface area contributed by atoms with Crippen molar-refractivity contribution in [1.29, 1.82) is 0 Å². The number of benzene rings is 1. The first kappa shape index (κ1) is 20.7. The van der Waals surface area contributed by atoms with E-state index >= 15 is 0 Å². The Morgan fingerprint density at radius 2 is 1.61 bits per heavy atom. The van der Waals surface area contributed by atoms with Gasteiger partial charge in [-0.25, -0.2) is 4.79 Å². The minimum atomic E-state index is -0.532. The van der Waals surface area contributed by atoms with Crippen LogP contribution in [-0.4, -0.2) is 41.8 Å². The highest BCUT2D eigenvalue weighted by molar-refractivity contribution is 5.98. The van der Waals surface area contributed by atoms with Crippen LogP contribution in [0.15, 0.2) is 24.3 Å². The molecule has 5 aliphatic rings. The molecule has 4 bridgehead atoms. The number of nitrogens with zero attached hydrogens (tertiary/aromatic N) is 1. The molecule has 5 fully saturated rings. The summed E-state index contributed by atoms with van der Waals surface area (Å²) in [6, 6.07) is 6.90. The Bertz CT molecular complexity index is 839. The van der Waals surface area contributed by atoms with Gasteiger partial charge in [-0.05, 0) is 81.1 Å². The van der Waals surface area contributed by atoms with Crippen LogP contribution in [-0.2, 0) is 20.7 Å². The molecule has 1 heterocycles. The van der Waals surface area contributed by atoms with Crippen molar-refractivity contribution in [3.63, 3.8) is 0 Å². The van der Waals surface area contributed by atoms with Gasteiger partial charge in [0.15, 0.2) is 12.4 Å². The number of amides is 1. The molecule has 0 aromatic heterocycles. The van der Waals surface area contributed by atoms with Crippen molar-refractivity contribution in [2.75, 3.05) is 13.2 Å². The average molecular weight is 424 g/mol. The Kier molecular flexibility index (Phi) is 5.39. The molecule has 6 rings (SSSR count). The molecule has 166 valence electrons. The lowest BCUT2D eigenvalue weighted by atomic mass is 9.49. The Balaban J connectivity index is 1.22. The standard InChI is InChI=1S/C26H33NO4/c1-2-17-5-7-21(8-6-17)23(28)16-31-24(29)22-4-3-9-27(22)25(30)26-13-18-10-19(14-26)12-20(11-18)15-26/h5-8,18-20,22H,2-4,9-16H2,1H3/t18?,19?,20?,22-,26?/m0/s1. The summed E-state index contributed by atoms with van der Waals surface area (Å²) >= 11 is 0. The number of carbonyl (C=O) groups excluding carboxylic acids is 3. The molecule has 1 aromatic rings. The fraction of sp³-hybridized carbons (Fsp3) is 0.654. The summed E-state index contributed by atoms with van der Waals surface area (Å²) in [6.07, 6.45) is 9.25. The van der Waals surface area contributed by atoms with Crippen LogP contribution in [0.5, 0.6) is 0 Å². The summed E-state index contributed by atoms with van der Waals surface area (Å²) in [4.78, 5) is 40.8. The molecule has 1 amide bonds. The third-order valence-electron chi connectivity index (χ3n) is 8.31. The molecule has 0 spiro atoms. The predicted molar refractivity (Wildman–Crippen MR) is 116 cm³/mol. The lowest BCUT2D eigenvalue weighted by molar-refractivity contribution is -0.165. The van der Waals surface area contributed by atoms with Gasteiger partial charge in [-0.1, -0.05) is 31.2 Å². The lowest BCUT2D eigenvalue weighted by Crippen LogP contribution is -2.56. The zero-order chi connectivity index (χ0) is 21.6. The second kappa shape index (κ2) is 8.07. The van der Waals surface area contributed by atoms with Crippen molar-refractivity contribution in [3.8, 4) is 0 Å². The molecule has 4 aliphatic carbocycles. The molecule has 0 radical (unpaired) electrons. The maximum absolute atomic E-state index is 13.7. The number of hydrogen-bond acceptors (Lipinski definition) is 4. The third kappa shape index (κ3) is 3.81. The highest BCUT2D eigenvalue weighted by atomic mass is 16.5. The molecule has 1 atom stereocenters. The zero-order valence-electron chi connectivity index (χ0n) is 18.5. The molecule has 4 saturated carbocycles. The maximum atomic E-state index is 13.7. The second-order valence-electron chi connectivity index (χ2n) is 10.4. The zero-order valence-corrected chi connectivity index (χ0v) is 18.5. The average Bonchev–Trinajstić information content (AvgIpc) is 3.25. The Hall–Kier alpha value is -2.17. The summed E-state index contributed by atoms with van der Waals surface area (Å²) in [5.74, 6) is 1.65. The largest absolute Gasteiger partial charge is 0.456 e. The van der Waals surface area contributed by atoms with Crippen LogP contribution in [0.1, 0.15) is 74.2 Å². The summed E-state index contributed by atoms with van der Waals surface area (Å²) in [5.41, 5.74) is 1.48. The fourth-order valence-electron chi connectivity index (χ4n) is 7.17. The smallest absolute Gasteiger partial charge is 0.329 e. The number of aryl methyl sites for hydroxylation is 1. The van der Waals surface area contributed by atoms with E-state index in [1.165, 1.54) is 24.8 Å². The van der Waals surface area contributed by atoms with Gasteiger partial charge in [0.2, 0.25) is 5.91 Å². The lowest BCUT2D eigenvalue weighted by Gasteiger charge is -2.56. The van der Waals surface area contributed by atoms with Crippen molar-refractivity contribution < 1.29 is 19.1 Å². The van der Waals surface area contributed by atoms with Gasteiger partial charge in [-0.3, -0.25) is 9.59 Å². The summed E-state index contributed by atoms with van der Waals surface area (Å²) in [7, 11) is 0. The first-order valence-corrected chi connectivity index (χ1v) is 12.1. The van der Waals surface area contributed by atoms with E-state index in [4.69, 9.17) is 4.74 Å². The second-order valence-corrected chi connectivity index (χ2v) is 10.4. The number of hydrogen-bond donors (Lipinski definition) is 0. The third-order valence-corrected chi connectivity index (χ3v) is 8.31. The highest BCUT2D eigenvalue weighted by Gasteiger charge is 2.57. The summed E-state index contributed by atoms with van der Waals surface area (Å²) in [6.45, 7) is 2.43. The van der Waals surface area contributed by atoms with Gasteiger partial charge < -0.3 is 9.64 Å². The van der Waals surface area contributed by atoms with Crippen LogP contribution < -0.4 is 0 Å². The minimum absolute atomic E-state index is 0.188. The van der Waals surface area contributed by atoms with Crippen molar-refractivity contribution in [3.05, 3.63) is 35.4 Å². The fourth-order valence-corrected chi connectivity index (χ4v) is 7.17. The van der Waals surface area contributed by atoms with Crippen LogP contribution in [0.4, 0.5) is 0 Å². The van der Waals surface area contributed by atoms with Crippen LogP contribution in [0.2, 0.25) is 0 Å². The number of likely N-dealkylation sites (tertiary alicyclic amines) is 1. The van der Waals surface area contributed by atoms with E-state index in [1.54, 1.807) is 17.0 Å². The Morgan fingerprint density at radius 3 is 2.19 bits per heavy atom. The van der Waals surface area contributed by atoms with Gasteiger partial charge >= 0.3 is 5.97 Å². The van der Waals surface area contributed by atoms with Gasteiger partial charge in [-0.2, -0.15) is 0 Å². The van der Waals surface area contributed by atoms with Crippen LogP contribution in [0.3, 0.4) is 0 Å². The number of ether oxygens (including phenoxy) is 1. The highest BCUT2D eigenvalue weighted by Crippen LogP contribution is 2.60. The number of esters is 1. The van der Waals surface area contributed by atoms with E-state index in [0.717, 1.165) is 32.1 Å². The molecular weight excluding hydrogens is 390 g/mol. The Morgan fingerprint density at radius 1 is 1.00 bits per heavy atom. The molecule has 1 saturated heterocycles. The summed E-state index contributed by atoms with van der Waals surface area (Å²) in [5, 5.41) is 0. The molecule has 1 aliphatic heterocycles. The topological polar surface area (TPSA) is 63.7 Å². The molecule has 1 aromatic carbocycles. The van der Waals surface area contributed by atoms with Gasteiger partial charge in [0, 0.05) is 12.1 Å². The molecular formula is C26H33NO4. The Labute approximate surface area is 184 Å². The SMILES string of the molecule is CCc1ccc(C(=O)COC(=O)[C@@H]2CCCN2C(=O)C23CC4CC(CC(C4)C2)C3)cc1. The first-order valence-electron chi connectivity index (χ1n) is 12.1. The van der Waals surface area contributed by atoms with Gasteiger partial charge in [0.1, 0.15) is 6.04 Å². The first-order chi connectivity index (χ1) is 15.0. The van der Waals surface area contributed by atoms with E-state index in [0.29, 0.717) is 36.3 Å². The molecule has 0 unspecified atom stereocenters. The molecule has 5 heteroatoms. The molecule has 31 heavy (non-hydrogen) atoms. The minimum Gasteiger partial charge on any atom is -0.456 e. The normalized spacial score (nSPS) is 33.5. The van der Waals surface area contributed by atoms with E-state index in [9.17, 15) is 14.4 Å². The van der Waals surface area contributed by atoms with E-state index in [1.807, 2.05) is 12.1 Å². The number of Topliss-reactive ketones (excluding diaryl/α,β-unsaturated/α-hetero) is 1. The van der Waals surface area contributed by atoms with Crippen molar-refractivity contribution >= 4 is 17.7 Å². The van der Waals surface area contributed by atoms with Gasteiger partial charge in [0.25, 0.3) is 0 Å². The van der Waals surface area contributed by atoms with E-state index in [2.05, 4.69) is 6.92 Å². The van der Waals surface area contributed by atoms with E-state index < -0.39 is 12.0 Å². The van der Waals surface area contributed by atoms with Crippen molar-refractivity contribution in [1.82, 2.24) is 4.90 Å². The quantitative estimate of drug-likeness (QED) is 0.509. The number of ketones is 1. The number of rotatable bonds is 6. The summed E-state index contributed by atoms with van der Waals surface area (Å²) < 4.78 is 5.42. The maximum Gasteiger partial charge on any atom is 0.329 e.